The maximum Gasteiger partial charge on any atom is 0.222 e. The van der Waals surface area contributed by atoms with E-state index in [1.165, 1.54) is 47.9 Å². The summed E-state index contributed by atoms with van der Waals surface area (Å²) in [5.41, 5.74) is 5.17. The van der Waals surface area contributed by atoms with Crippen molar-refractivity contribution in [3.8, 4) is 0 Å². The fraction of sp³-hybridized carbons (Fsp3) is 0.394. The molecule has 1 fully saturated rings. The van der Waals surface area contributed by atoms with E-state index in [2.05, 4.69) is 82.7 Å². The summed E-state index contributed by atoms with van der Waals surface area (Å²) in [6.07, 6.45) is 17.3. The molecular weight excluding hydrogens is 440 g/mol. The molecule has 4 rings (SSSR count). The lowest BCUT2D eigenvalue weighted by atomic mass is 9.89. The van der Waals surface area contributed by atoms with Crippen LogP contribution < -0.4 is 0 Å². The molecule has 3 nitrogen and oxygen atoms in total. The number of pyridine rings is 1. The van der Waals surface area contributed by atoms with Gasteiger partial charge in [-0.2, -0.15) is 0 Å². The summed E-state index contributed by atoms with van der Waals surface area (Å²) in [5, 5.41) is 0. The van der Waals surface area contributed by atoms with Crippen LogP contribution in [0.4, 0.5) is 0 Å². The van der Waals surface area contributed by atoms with E-state index >= 15 is 0 Å². The molecule has 0 radical (unpaired) electrons. The number of carbonyl (C=O) groups is 1. The third-order valence-corrected chi connectivity index (χ3v) is 7.29. The number of amides is 1. The minimum Gasteiger partial charge on any atom is -0.343 e. The SMILES string of the molecule is O=C(CCCCCCCCc1cccnc1)N1CCC(C=C(c2ccccc2)c2ccccc2)CC1. The topological polar surface area (TPSA) is 33.2 Å². The largest absolute Gasteiger partial charge is 0.343 e. The number of nitrogens with zero attached hydrogens (tertiary/aromatic N) is 2. The number of benzene rings is 2. The van der Waals surface area contributed by atoms with Crippen molar-refractivity contribution >= 4 is 11.5 Å². The van der Waals surface area contributed by atoms with Crippen molar-refractivity contribution in [1.29, 1.82) is 0 Å². The number of rotatable bonds is 12. The molecule has 2 heterocycles. The number of likely N-dealkylation sites (tertiary alicyclic amines) is 1. The number of aryl methyl sites for hydroxylation is 1. The highest BCUT2D eigenvalue weighted by Crippen LogP contribution is 2.29. The highest BCUT2D eigenvalue weighted by Gasteiger charge is 2.22. The summed E-state index contributed by atoms with van der Waals surface area (Å²) >= 11 is 0. The van der Waals surface area contributed by atoms with Crippen LogP contribution in [0.5, 0.6) is 0 Å². The number of carbonyl (C=O) groups excluding carboxylic acids is 1. The summed E-state index contributed by atoms with van der Waals surface area (Å²) in [7, 11) is 0. The second-order valence-electron chi connectivity index (χ2n) is 10.0. The summed E-state index contributed by atoms with van der Waals surface area (Å²) in [6.45, 7) is 1.76. The van der Waals surface area contributed by atoms with E-state index < -0.39 is 0 Å². The van der Waals surface area contributed by atoms with Crippen molar-refractivity contribution in [2.24, 2.45) is 5.92 Å². The van der Waals surface area contributed by atoms with Crippen LogP contribution in [0.2, 0.25) is 0 Å². The standard InChI is InChI=1S/C33H40N2O/c36-33(20-12-4-2-1-3-7-14-29-15-13-23-34-27-29)35-24-21-28(22-25-35)26-32(30-16-8-5-9-17-30)31-18-10-6-11-19-31/h5-6,8-11,13,15-19,23,26-28H,1-4,7,12,14,20-22,24-25H2. The van der Waals surface area contributed by atoms with Gasteiger partial charge in [-0.15, -0.1) is 0 Å². The van der Waals surface area contributed by atoms with Gasteiger partial charge in [-0.05, 0) is 66.4 Å². The average molecular weight is 481 g/mol. The number of piperidine rings is 1. The minimum atomic E-state index is 0.348. The van der Waals surface area contributed by atoms with Crippen molar-refractivity contribution in [2.75, 3.05) is 13.1 Å². The Balaban J connectivity index is 1.15. The predicted molar refractivity (Wildman–Crippen MR) is 150 cm³/mol. The molecule has 0 bridgehead atoms. The highest BCUT2D eigenvalue weighted by atomic mass is 16.2. The second kappa shape index (κ2) is 14.4. The van der Waals surface area contributed by atoms with E-state index in [9.17, 15) is 4.79 Å². The molecular formula is C33H40N2O. The lowest BCUT2D eigenvalue weighted by Crippen LogP contribution is -2.38. The molecule has 0 saturated carbocycles. The molecule has 0 spiro atoms. The van der Waals surface area contributed by atoms with E-state index in [1.54, 1.807) is 0 Å². The Morgan fingerprint density at radius 2 is 1.39 bits per heavy atom. The molecule has 1 amide bonds. The van der Waals surface area contributed by atoms with Gasteiger partial charge in [-0.3, -0.25) is 9.78 Å². The normalized spacial score (nSPS) is 13.9. The number of hydrogen-bond donors (Lipinski definition) is 0. The van der Waals surface area contributed by atoms with Crippen LogP contribution in [0.15, 0.2) is 91.3 Å². The van der Waals surface area contributed by atoms with Crippen LogP contribution in [0.25, 0.3) is 5.57 Å². The number of allylic oxidation sites excluding steroid dienone is 1. The zero-order valence-corrected chi connectivity index (χ0v) is 21.5. The second-order valence-corrected chi connectivity index (χ2v) is 10.0. The third-order valence-electron chi connectivity index (χ3n) is 7.29. The number of unbranched alkanes of at least 4 members (excludes halogenated alkanes) is 5. The van der Waals surface area contributed by atoms with Crippen LogP contribution in [-0.2, 0) is 11.2 Å². The Bertz CT molecular complexity index is 1010. The molecule has 3 aromatic rings. The minimum absolute atomic E-state index is 0.348. The lowest BCUT2D eigenvalue weighted by Gasteiger charge is -2.31. The molecule has 2 aromatic carbocycles. The van der Waals surface area contributed by atoms with Crippen LogP contribution in [0.3, 0.4) is 0 Å². The lowest BCUT2D eigenvalue weighted by molar-refractivity contribution is -0.132. The zero-order chi connectivity index (χ0) is 24.8. The molecule has 0 aliphatic carbocycles. The van der Waals surface area contributed by atoms with Gasteiger partial charge >= 0.3 is 0 Å². The van der Waals surface area contributed by atoms with Gasteiger partial charge in [0.15, 0.2) is 0 Å². The molecule has 3 heteroatoms. The van der Waals surface area contributed by atoms with Crippen molar-refractivity contribution in [1.82, 2.24) is 9.88 Å². The van der Waals surface area contributed by atoms with Crippen molar-refractivity contribution < 1.29 is 4.79 Å². The Morgan fingerprint density at radius 1 is 0.778 bits per heavy atom. The van der Waals surface area contributed by atoms with Crippen LogP contribution in [-0.4, -0.2) is 28.9 Å². The first-order valence-corrected chi connectivity index (χ1v) is 13.8. The number of aromatic nitrogens is 1. The van der Waals surface area contributed by atoms with Gasteiger partial charge in [0.2, 0.25) is 5.91 Å². The van der Waals surface area contributed by atoms with E-state index in [1.807, 2.05) is 18.5 Å². The van der Waals surface area contributed by atoms with Gasteiger partial charge in [0.1, 0.15) is 0 Å². The maximum absolute atomic E-state index is 12.8. The van der Waals surface area contributed by atoms with Crippen molar-refractivity contribution in [3.05, 3.63) is 108 Å². The molecule has 1 aliphatic heterocycles. The molecule has 0 N–H and O–H groups in total. The zero-order valence-electron chi connectivity index (χ0n) is 21.5. The first-order chi connectivity index (χ1) is 17.8. The Kier molecular flexibility index (Phi) is 10.3. The van der Waals surface area contributed by atoms with Gasteiger partial charge in [0.25, 0.3) is 0 Å². The van der Waals surface area contributed by atoms with Crippen LogP contribution in [0, 0.1) is 5.92 Å². The molecule has 36 heavy (non-hydrogen) atoms. The highest BCUT2D eigenvalue weighted by molar-refractivity contribution is 5.80. The first kappa shape index (κ1) is 25.9. The average Bonchev–Trinajstić information content (AvgIpc) is 2.95. The van der Waals surface area contributed by atoms with E-state index in [4.69, 9.17) is 0 Å². The third kappa shape index (κ3) is 8.19. The van der Waals surface area contributed by atoms with Gasteiger partial charge in [-0.1, -0.05) is 98.5 Å². The van der Waals surface area contributed by atoms with Crippen LogP contribution >= 0.6 is 0 Å². The monoisotopic (exact) mass is 480 g/mol. The van der Waals surface area contributed by atoms with E-state index in [0.717, 1.165) is 45.2 Å². The van der Waals surface area contributed by atoms with E-state index in [-0.39, 0.29) is 0 Å². The quantitative estimate of drug-likeness (QED) is 0.249. The smallest absolute Gasteiger partial charge is 0.222 e. The fourth-order valence-corrected chi connectivity index (χ4v) is 5.16. The Hall–Kier alpha value is -3.20. The molecule has 0 atom stereocenters. The molecule has 188 valence electrons. The maximum atomic E-state index is 12.8. The van der Waals surface area contributed by atoms with E-state index in [0.29, 0.717) is 18.2 Å². The predicted octanol–water partition coefficient (Wildman–Crippen LogP) is 7.73. The molecule has 1 aliphatic rings. The fourth-order valence-electron chi connectivity index (χ4n) is 5.16. The van der Waals surface area contributed by atoms with Crippen LogP contribution in [0.1, 0.15) is 74.5 Å². The summed E-state index contributed by atoms with van der Waals surface area (Å²) in [4.78, 5) is 19.0. The summed E-state index contributed by atoms with van der Waals surface area (Å²) < 4.78 is 0. The van der Waals surface area contributed by atoms with Gasteiger partial charge in [0, 0.05) is 31.9 Å². The van der Waals surface area contributed by atoms with Gasteiger partial charge in [0.05, 0.1) is 0 Å². The summed E-state index contributed by atoms with van der Waals surface area (Å²) in [6, 6.07) is 25.5. The van der Waals surface area contributed by atoms with Crippen molar-refractivity contribution in [2.45, 2.75) is 64.2 Å². The number of hydrogen-bond acceptors (Lipinski definition) is 2. The van der Waals surface area contributed by atoms with Gasteiger partial charge < -0.3 is 4.90 Å². The Labute approximate surface area is 217 Å². The molecule has 1 saturated heterocycles. The van der Waals surface area contributed by atoms with Gasteiger partial charge in [-0.25, -0.2) is 0 Å². The Morgan fingerprint density at radius 3 is 2.00 bits per heavy atom. The summed E-state index contributed by atoms with van der Waals surface area (Å²) in [5.74, 6) is 0.858. The van der Waals surface area contributed by atoms with Crippen molar-refractivity contribution in [3.63, 3.8) is 0 Å². The molecule has 0 unspecified atom stereocenters. The first-order valence-electron chi connectivity index (χ1n) is 13.8. The molecule has 1 aromatic heterocycles.